The summed E-state index contributed by atoms with van der Waals surface area (Å²) in [6.07, 6.45) is 0. The van der Waals surface area contributed by atoms with Crippen molar-refractivity contribution in [2.45, 2.75) is 13.8 Å². The number of urea groups is 1. The van der Waals surface area contributed by atoms with Crippen LogP contribution in [0, 0.1) is 0 Å². The molecule has 0 fully saturated rings. The van der Waals surface area contributed by atoms with Crippen LogP contribution in [0.3, 0.4) is 0 Å². The Bertz CT molecular complexity index is 153. The van der Waals surface area contributed by atoms with Gasteiger partial charge in [-0.05, 0) is 13.8 Å². The van der Waals surface area contributed by atoms with Crippen LogP contribution >= 0.6 is 0 Å². The molecule has 14 heavy (non-hydrogen) atoms. The van der Waals surface area contributed by atoms with Gasteiger partial charge in [0.25, 0.3) is 0 Å². The number of carbonyl (C=O) groups is 1. The summed E-state index contributed by atoms with van der Waals surface area (Å²) in [5.41, 5.74) is 4.87. The molecule has 0 saturated carbocycles. The van der Waals surface area contributed by atoms with Gasteiger partial charge in [-0.1, -0.05) is 0 Å². The molecule has 6 nitrogen and oxygen atoms in total. The van der Waals surface area contributed by atoms with Crippen molar-refractivity contribution in [3.63, 3.8) is 0 Å². The van der Waals surface area contributed by atoms with E-state index in [2.05, 4.69) is 5.32 Å². The van der Waals surface area contributed by atoms with Gasteiger partial charge in [0.15, 0.2) is 0 Å². The van der Waals surface area contributed by atoms with Crippen molar-refractivity contribution >= 4 is 15.6 Å². The summed E-state index contributed by atoms with van der Waals surface area (Å²) in [6, 6.07) is -0.556. The van der Waals surface area contributed by atoms with Crippen LogP contribution in [0.15, 0.2) is 0 Å². The predicted molar refractivity (Wildman–Crippen MR) is 53.9 cm³/mol. The maximum absolute atomic E-state index is 10.3. The SMILES string of the molecule is CCO[SiH](OCC)OCCNC(N)=O. The number of rotatable bonds is 8. The van der Waals surface area contributed by atoms with Crippen molar-refractivity contribution < 1.29 is 18.1 Å². The van der Waals surface area contributed by atoms with Crippen molar-refractivity contribution in [3.05, 3.63) is 0 Å². The van der Waals surface area contributed by atoms with Crippen LogP contribution < -0.4 is 11.1 Å². The molecule has 7 heteroatoms. The highest BCUT2D eigenvalue weighted by molar-refractivity contribution is 6.36. The number of carbonyl (C=O) groups excluding carboxylic acids is 1. The van der Waals surface area contributed by atoms with Crippen molar-refractivity contribution in [3.8, 4) is 0 Å². The average molecular weight is 222 g/mol. The molecule has 0 aromatic rings. The van der Waals surface area contributed by atoms with Gasteiger partial charge < -0.3 is 24.3 Å². The standard InChI is InChI=1S/C7H18N2O4Si/c1-3-11-14(12-4-2)13-6-5-9-7(8)10/h14H,3-6H2,1-2H3,(H3,8,9,10). The zero-order chi connectivity index (χ0) is 10.8. The first kappa shape index (κ1) is 13.4. The first-order valence-electron chi connectivity index (χ1n) is 4.58. The van der Waals surface area contributed by atoms with Gasteiger partial charge in [-0.25, -0.2) is 4.79 Å². The first-order chi connectivity index (χ1) is 6.70. The van der Waals surface area contributed by atoms with Crippen molar-refractivity contribution in [1.82, 2.24) is 5.32 Å². The van der Waals surface area contributed by atoms with Crippen molar-refractivity contribution in [1.29, 1.82) is 0 Å². The number of nitrogens with two attached hydrogens (primary N) is 1. The molecule has 0 aliphatic carbocycles. The molecule has 0 atom stereocenters. The largest absolute Gasteiger partial charge is 0.484 e. The minimum absolute atomic E-state index is 0.361. The number of amides is 2. The van der Waals surface area contributed by atoms with Gasteiger partial charge in [-0.3, -0.25) is 0 Å². The van der Waals surface area contributed by atoms with E-state index in [-0.39, 0.29) is 0 Å². The van der Waals surface area contributed by atoms with Crippen LogP contribution in [0.25, 0.3) is 0 Å². The van der Waals surface area contributed by atoms with Crippen LogP contribution in [0.1, 0.15) is 13.8 Å². The van der Waals surface area contributed by atoms with Gasteiger partial charge >= 0.3 is 15.6 Å². The maximum Gasteiger partial charge on any atom is 0.484 e. The monoisotopic (exact) mass is 222 g/mol. The molecule has 0 aromatic heterocycles. The molecule has 0 bridgehead atoms. The Morgan fingerprint density at radius 2 is 1.86 bits per heavy atom. The molecule has 0 aliphatic rings. The van der Waals surface area contributed by atoms with Crippen LogP contribution in [-0.2, 0) is 13.3 Å². The molecule has 0 aliphatic heterocycles. The first-order valence-corrected chi connectivity index (χ1v) is 6.00. The van der Waals surface area contributed by atoms with Crippen LogP contribution in [0.4, 0.5) is 4.79 Å². The predicted octanol–water partition coefficient (Wildman–Crippen LogP) is -0.538. The Balaban J connectivity index is 3.44. The van der Waals surface area contributed by atoms with Crippen LogP contribution in [0.5, 0.6) is 0 Å². The smallest absolute Gasteiger partial charge is 0.376 e. The van der Waals surface area contributed by atoms with E-state index in [0.29, 0.717) is 26.4 Å². The molecule has 0 radical (unpaired) electrons. The lowest BCUT2D eigenvalue weighted by atomic mass is 10.7. The Morgan fingerprint density at radius 3 is 2.29 bits per heavy atom. The van der Waals surface area contributed by atoms with Gasteiger partial charge in [0.2, 0.25) is 0 Å². The molecular formula is C7H18N2O4Si. The summed E-state index contributed by atoms with van der Waals surface area (Å²) in [6.45, 7) is 5.63. The van der Waals surface area contributed by atoms with Crippen molar-refractivity contribution in [2.75, 3.05) is 26.4 Å². The third-order valence-corrected chi connectivity index (χ3v) is 2.98. The van der Waals surface area contributed by atoms with Crippen LogP contribution in [0.2, 0.25) is 0 Å². The minimum atomic E-state index is -1.99. The topological polar surface area (TPSA) is 82.8 Å². The van der Waals surface area contributed by atoms with Gasteiger partial charge in [-0.15, -0.1) is 0 Å². The molecule has 0 aromatic carbocycles. The quantitative estimate of drug-likeness (QED) is 0.427. The summed E-state index contributed by atoms with van der Waals surface area (Å²) in [4.78, 5) is 10.3. The second-order valence-corrected chi connectivity index (χ2v) is 3.94. The Kier molecular flexibility index (Phi) is 8.54. The summed E-state index contributed by atoms with van der Waals surface area (Å²) in [5, 5.41) is 2.41. The van der Waals surface area contributed by atoms with Gasteiger partial charge in [-0.2, -0.15) is 0 Å². The minimum Gasteiger partial charge on any atom is -0.376 e. The van der Waals surface area contributed by atoms with Crippen molar-refractivity contribution in [2.24, 2.45) is 5.73 Å². The zero-order valence-corrected chi connectivity index (χ0v) is 9.77. The molecule has 2 amide bonds. The van der Waals surface area contributed by atoms with E-state index in [1.807, 2.05) is 13.8 Å². The molecule has 0 saturated heterocycles. The Hall–Kier alpha value is -0.633. The fraction of sp³-hybridized carbons (Fsp3) is 0.857. The third kappa shape index (κ3) is 7.99. The second-order valence-electron chi connectivity index (χ2n) is 2.36. The molecule has 0 unspecified atom stereocenters. The third-order valence-electron chi connectivity index (χ3n) is 1.26. The summed E-state index contributed by atoms with van der Waals surface area (Å²) < 4.78 is 15.8. The Morgan fingerprint density at radius 1 is 1.29 bits per heavy atom. The zero-order valence-electron chi connectivity index (χ0n) is 8.62. The molecule has 0 spiro atoms. The van der Waals surface area contributed by atoms with E-state index in [1.165, 1.54) is 0 Å². The fourth-order valence-corrected chi connectivity index (χ4v) is 1.89. The lowest BCUT2D eigenvalue weighted by molar-refractivity contribution is 0.103. The fourth-order valence-electron chi connectivity index (χ4n) is 0.746. The summed E-state index contributed by atoms with van der Waals surface area (Å²) in [5.74, 6) is 0. The second kappa shape index (κ2) is 8.94. The van der Waals surface area contributed by atoms with E-state index in [9.17, 15) is 4.79 Å². The van der Waals surface area contributed by atoms with E-state index in [1.54, 1.807) is 0 Å². The molecule has 3 N–H and O–H groups in total. The average Bonchev–Trinajstić information content (AvgIpc) is 2.12. The number of nitrogens with one attached hydrogen (secondary N) is 1. The normalized spacial score (nSPS) is 10.5. The highest BCUT2D eigenvalue weighted by Crippen LogP contribution is 1.91. The lowest BCUT2D eigenvalue weighted by Gasteiger charge is -2.14. The Labute approximate surface area is 85.7 Å². The van der Waals surface area contributed by atoms with Gasteiger partial charge in [0, 0.05) is 19.8 Å². The number of hydrogen-bond acceptors (Lipinski definition) is 4. The van der Waals surface area contributed by atoms with E-state index >= 15 is 0 Å². The maximum atomic E-state index is 10.3. The van der Waals surface area contributed by atoms with Gasteiger partial charge in [0.05, 0.1) is 6.61 Å². The van der Waals surface area contributed by atoms with Crippen LogP contribution in [-0.4, -0.2) is 41.9 Å². The highest BCUT2D eigenvalue weighted by Gasteiger charge is 2.12. The molecule has 0 heterocycles. The summed E-state index contributed by atoms with van der Waals surface area (Å²) >= 11 is 0. The molecule has 84 valence electrons. The lowest BCUT2D eigenvalue weighted by Crippen LogP contribution is -2.35. The van der Waals surface area contributed by atoms with E-state index in [4.69, 9.17) is 19.0 Å². The highest BCUT2D eigenvalue weighted by atomic mass is 28.3. The van der Waals surface area contributed by atoms with E-state index in [0.717, 1.165) is 0 Å². The van der Waals surface area contributed by atoms with Gasteiger partial charge in [0.1, 0.15) is 0 Å². The summed E-state index contributed by atoms with van der Waals surface area (Å²) in [7, 11) is -1.99. The molecule has 0 rings (SSSR count). The number of hydrogen-bond donors (Lipinski definition) is 2. The van der Waals surface area contributed by atoms with E-state index < -0.39 is 15.6 Å². The number of primary amides is 1. The molecular weight excluding hydrogens is 204 g/mol.